The summed E-state index contributed by atoms with van der Waals surface area (Å²) in [5.74, 6) is 1.37. The number of aromatic nitrogens is 4. The van der Waals surface area contributed by atoms with E-state index in [4.69, 9.17) is 21.1 Å². The second kappa shape index (κ2) is 10.6. The highest BCUT2D eigenvalue weighted by Gasteiger charge is 2.14. The van der Waals surface area contributed by atoms with Crippen molar-refractivity contribution in [2.75, 3.05) is 11.9 Å². The van der Waals surface area contributed by atoms with Gasteiger partial charge in [0.25, 0.3) is 0 Å². The zero-order chi connectivity index (χ0) is 21.5. The second-order valence-corrected chi connectivity index (χ2v) is 7.70. The number of benzene rings is 2. The fourth-order valence-corrected chi connectivity index (χ4v) is 3.62. The van der Waals surface area contributed by atoms with E-state index in [-0.39, 0.29) is 12.4 Å². The summed E-state index contributed by atoms with van der Waals surface area (Å²) < 4.78 is 27.4. The van der Waals surface area contributed by atoms with Crippen molar-refractivity contribution in [3.05, 3.63) is 56.8 Å². The minimum atomic E-state index is -0.387. The maximum Gasteiger partial charge on any atom is 0.243 e. The fourth-order valence-electron chi connectivity index (χ4n) is 2.79. The van der Waals surface area contributed by atoms with Crippen LogP contribution in [0.4, 0.5) is 10.3 Å². The lowest BCUT2D eigenvalue weighted by Crippen LogP contribution is -2.09. The lowest BCUT2D eigenvalue weighted by Gasteiger charge is -2.16. The van der Waals surface area contributed by atoms with Crippen molar-refractivity contribution in [3.63, 3.8) is 0 Å². The van der Waals surface area contributed by atoms with Crippen LogP contribution in [0.3, 0.4) is 0 Å². The van der Waals surface area contributed by atoms with Gasteiger partial charge in [-0.15, -0.1) is 0 Å². The first-order chi connectivity index (χ1) is 14.5. The maximum absolute atomic E-state index is 13.3. The lowest BCUT2D eigenvalue weighted by molar-refractivity contribution is 0.267. The summed E-state index contributed by atoms with van der Waals surface area (Å²) in [4.78, 5) is 0. The van der Waals surface area contributed by atoms with Crippen LogP contribution in [0.15, 0.2) is 34.8 Å². The molecule has 30 heavy (non-hydrogen) atoms. The standard InChI is InChI=1S/C20H22BrClFN5O2/c1-3-7-28-20(25-26-27-28)24-11-13-8-16(21)19(18(9-13)29-4-2)30-12-14-5-6-15(23)10-17(14)22/h5-6,8-10H,3-4,7,11-12H2,1-2H3,(H,24,25,27). The molecule has 1 N–H and O–H groups in total. The van der Waals surface area contributed by atoms with Gasteiger partial charge < -0.3 is 14.8 Å². The molecule has 7 nitrogen and oxygen atoms in total. The number of anilines is 1. The molecule has 0 unspecified atom stereocenters. The van der Waals surface area contributed by atoms with Crippen LogP contribution < -0.4 is 14.8 Å². The first-order valence-corrected chi connectivity index (χ1v) is 10.7. The second-order valence-electron chi connectivity index (χ2n) is 6.44. The van der Waals surface area contributed by atoms with E-state index in [0.717, 1.165) is 23.0 Å². The molecule has 0 fully saturated rings. The molecule has 1 aromatic heterocycles. The zero-order valence-electron chi connectivity index (χ0n) is 16.7. The Bertz CT molecular complexity index is 1000. The summed E-state index contributed by atoms with van der Waals surface area (Å²) in [6.07, 6.45) is 0.934. The van der Waals surface area contributed by atoms with Gasteiger partial charge in [-0.1, -0.05) is 29.7 Å². The van der Waals surface area contributed by atoms with E-state index in [0.29, 0.717) is 41.2 Å². The molecular formula is C20H22BrClFN5O2. The molecule has 0 amide bonds. The van der Waals surface area contributed by atoms with Gasteiger partial charge in [-0.05, 0) is 69.5 Å². The molecule has 0 saturated carbocycles. The number of tetrazole rings is 1. The van der Waals surface area contributed by atoms with Gasteiger partial charge in [0.05, 0.1) is 16.1 Å². The summed E-state index contributed by atoms with van der Waals surface area (Å²) in [5, 5.41) is 15.2. The van der Waals surface area contributed by atoms with Crippen LogP contribution in [0.5, 0.6) is 11.5 Å². The van der Waals surface area contributed by atoms with Crippen LogP contribution in [0, 0.1) is 5.82 Å². The lowest BCUT2D eigenvalue weighted by atomic mass is 10.2. The fraction of sp³-hybridized carbons (Fsp3) is 0.350. The number of aryl methyl sites for hydroxylation is 1. The molecule has 0 aliphatic carbocycles. The third kappa shape index (κ3) is 5.60. The number of hydrogen-bond donors (Lipinski definition) is 1. The summed E-state index contributed by atoms with van der Waals surface area (Å²) in [6, 6.07) is 8.05. The molecule has 3 aromatic rings. The van der Waals surface area contributed by atoms with Gasteiger partial charge in [0.1, 0.15) is 12.4 Å². The predicted molar refractivity (Wildman–Crippen MR) is 116 cm³/mol. The van der Waals surface area contributed by atoms with Crippen LogP contribution in [-0.2, 0) is 19.7 Å². The number of ether oxygens (including phenoxy) is 2. The van der Waals surface area contributed by atoms with E-state index in [1.54, 1.807) is 10.7 Å². The topological polar surface area (TPSA) is 74.1 Å². The molecule has 0 saturated heterocycles. The number of nitrogens with one attached hydrogen (secondary N) is 1. The monoisotopic (exact) mass is 497 g/mol. The third-order valence-electron chi connectivity index (χ3n) is 4.17. The SMILES string of the molecule is CCCn1nnnc1NCc1cc(Br)c(OCc2ccc(F)cc2Cl)c(OCC)c1. The molecule has 2 aromatic carbocycles. The smallest absolute Gasteiger partial charge is 0.243 e. The quantitative estimate of drug-likeness (QED) is 0.413. The number of halogens is 3. The van der Waals surface area contributed by atoms with E-state index in [1.807, 2.05) is 19.1 Å². The van der Waals surface area contributed by atoms with Crippen molar-refractivity contribution in [2.24, 2.45) is 0 Å². The van der Waals surface area contributed by atoms with Gasteiger partial charge in [-0.2, -0.15) is 0 Å². The normalized spacial score (nSPS) is 10.8. The molecule has 10 heteroatoms. The highest BCUT2D eigenvalue weighted by atomic mass is 79.9. The van der Waals surface area contributed by atoms with Crippen LogP contribution in [0.25, 0.3) is 0 Å². The van der Waals surface area contributed by atoms with Gasteiger partial charge in [0.2, 0.25) is 5.95 Å². The van der Waals surface area contributed by atoms with E-state index < -0.39 is 0 Å². The molecule has 0 aliphatic heterocycles. The summed E-state index contributed by atoms with van der Waals surface area (Å²) in [7, 11) is 0. The average Bonchev–Trinajstić information content (AvgIpc) is 3.15. The first kappa shape index (κ1) is 22.3. The largest absolute Gasteiger partial charge is 0.490 e. The van der Waals surface area contributed by atoms with Gasteiger partial charge in [-0.25, -0.2) is 9.07 Å². The van der Waals surface area contributed by atoms with Gasteiger partial charge in [0, 0.05) is 18.7 Å². The van der Waals surface area contributed by atoms with E-state index in [9.17, 15) is 4.39 Å². The number of hydrogen-bond acceptors (Lipinski definition) is 6. The number of rotatable bonds is 10. The summed E-state index contributed by atoms with van der Waals surface area (Å²) in [5.41, 5.74) is 1.64. The van der Waals surface area contributed by atoms with Crippen LogP contribution >= 0.6 is 27.5 Å². The van der Waals surface area contributed by atoms with E-state index >= 15 is 0 Å². The molecule has 3 rings (SSSR count). The van der Waals surface area contributed by atoms with Crippen molar-refractivity contribution >= 4 is 33.5 Å². The molecule has 0 radical (unpaired) electrons. The predicted octanol–water partition coefficient (Wildman–Crippen LogP) is 5.23. The molecule has 0 spiro atoms. The first-order valence-electron chi connectivity index (χ1n) is 9.53. The van der Waals surface area contributed by atoms with Crippen LogP contribution in [0.2, 0.25) is 5.02 Å². The number of nitrogens with zero attached hydrogens (tertiary/aromatic N) is 4. The molecule has 0 bridgehead atoms. The zero-order valence-corrected chi connectivity index (χ0v) is 19.0. The average molecular weight is 499 g/mol. The Kier molecular flexibility index (Phi) is 7.87. The van der Waals surface area contributed by atoms with Crippen molar-refractivity contribution in [3.8, 4) is 11.5 Å². The minimum absolute atomic E-state index is 0.182. The van der Waals surface area contributed by atoms with Crippen LogP contribution in [-0.4, -0.2) is 26.8 Å². The van der Waals surface area contributed by atoms with Crippen molar-refractivity contribution in [1.82, 2.24) is 20.2 Å². The van der Waals surface area contributed by atoms with Crippen LogP contribution in [0.1, 0.15) is 31.4 Å². The van der Waals surface area contributed by atoms with Gasteiger partial charge in [0.15, 0.2) is 11.5 Å². The summed E-state index contributed by atoms with van der Waals surface area (Å²) >= 11 is 9.66. The molecule has 0 atom stereocenters. The van der Waals surface area contributed by atoms with Crippen molar-refractivity contribution < 1.29 is 13.9 Å². The van der Waals surface area contributed by atoms with Crippen molar-refractivity contribution in [1.29, 1.82) is 0 Å². The van der Waals surface area contributed by atoms with Gasteiger partial charge in [-0.3, -0.25) is 0 Å². The van der Waals surface area contributed by atoms with E-state index in [2.05, 4.69) is 43.7 Å². The maximum atomic E-state index is 13.3. The molecule has 0 aliphatic rings. The van der Waals surface area contributed by atoms with Crippen molar-refractivity contribution in [2.45, 2.75) is 40.0 Å². The molecule has 1 heterocycles. The third-order valence-corrected chi connectivity index (χ3v) is 5.12. The molecule has 160 valence electrons. The highest BCUT2D eigenvalue weighted by Crippen LogP contribution is 2.38. The molecular weight excluding hydrogens is 477 g/mol. The Labute approximate surface area is 187 Å². The highest BCUT2D eigenvalue weighted by molar-refractivity contribution is 9.10. The minimum Gasteiger partial charge on any atom is -0.490 e. The van der Waals surface area contributed by atoms with Gasteiger partial charge >= 0.3 is 0 Å². The summed E-state index contributed by atoms with van der Waals surface area (Å²) in [6.45, 7) is 5.87. The Morgan fingerprint density at radius 1 is 1.20 bits per heavy atom. The Morgan fingerprint density at radius 2 is 2.03 bits per heavy atom. The Balaban J connectivity index is 1.75. The Hall–Kier alpha value is -2.39. The van der Waals surface area contributed by atoms with E-state index in [1.165, 1.54) is 12.1 Å². The Morgan fingerprint density at radius 3 is 2.77 bits per heavy atom.